The van der Waals surface area contributed by atoms with Crippen molar-refractivity contribution in [3.63, 3.8) is 0 Å². The Balaban J connectivity index is 0.00000302. The van der Waals surface area contributed by atoms with Gasteiger partial charge in [-0.05, 0) is 0 Å². The molecule has 4 atom stereocenters. The Bertz CT molecular complexity index is 2370. The number of unbranched alkanes of at least 4 members (excludes halogenated alkanes) is 1. The van der Waals surface area contributed by atoms with Crippen LogP contribution in [0.4, 0.5) is 0 Å². The van der Waals surface area contributed by atoms with Crippen molar-refractivity contribution in [2.45, 2.75) is 125 Å². The van der Waals surface area contributed by atoms with Gasteiger partial charge in [-0.15, -0.1) is 24.8 Å². The van der Waals surface area contributed by atoms with Gasteiger partial charge in [-0.25, -0.2) is 0 Å². The second-order valence-electron chi connectivity index (χ2n) is 21.9. The van der Waals surface area contributed by atoms with Crippen LogP contribution in [0.2, 0.25) is 13.2 Å². The van der Waals surface area contributed by atoms with Gasteiger partial charge in [0.2, 0.25) is 0 Å². The molecule has 0 aliphatic heterocycles. The van der Waals surface area contributed by atoms with Gasteiger partial charge < -0.3 is 0 Å². The van der Waals surface area contributed by atoms with Crippen LogP contribution in [-0.2, 0) is 24.7 Å². The predicted octanol–water partition coefficient (Wildman–Crippen LogP) is 16.1. The minimum atomic E-state index is -5.57. The number of allylic oxidation sites excluding steroid dienone is 10. The van der Waals surface area contributed by atoms with Gasteiger partial charge in [-0.2, -0.15) is 0 Å². The normalized spacial score (nSPS) is 27.4. The molecule has 0 aromatic heterocycles. The predicted molar refractivity (Wildman–Crippen MR) is 266 cm³/mol. The quantitative estimate of drug-likeness (QED) is 0.221. The molecule has 0 saturated heterocycles. The summed E-state index contributed by atoms with van der Waals surface area (Å²) in [4.78, 5) is 0. The Labute approximate surface area is 386 Å². The summed E-state index contributed by atoms with van der Waals surface area (Å²) in [5.41, 5.74) is 10.1. The number of hydrogen-bond donors (Lipinski definition) is 0. The zero-order valence-corrected chi connectivity index (χ0v) is 44.0. The fraction of sp³-hybridized carbons (Fsp3) is 0.473. The Hall–Kier alpha value is -1.73. The van der Waals surface area contributed by atoms with Crippen LogP contribution in [0.15, 0.2) is 123 Å². The molecule has 0 heterocycles. The van der Waals surface area contributed by atoms with Gasteiger partial charge in [0.05, 0.1) is 0 Å². The zero-order chi connectivity index (χ0) is 42.1. The molecule has 5 aliphatic rings. The van der Waals surface area contributed by atoms with E-state index >= 15 is 0 Å². The van der Waals surface area contributed by atoms with E-state index in [0.717, 1.165) is 42.1 Å². The van der Waals surface area contributed by atoms with Crippen molar-refractivity contribution < 1.29 is 18.3 Å². The molecule has 5 heteroatoms. The van der Waals surface area contributed by atoms with Crippen LogP contribution >= 0.6 is 48.0 Å². The molecule has 3 aromatic rings. The average Bonchev–Trinajstić information content (AvgIpc) is 3.80. The third-order valence-corrected chi connectivity index (χ3v) is 39.1. The van der Waals surface area contributed by atoms with Crippen LogP contribution < -0.4 is 6.54 Å². The van der Waals surface area contributed by atoms with Crippen LogP contribution in [-0.4, -0.2) is 4.21 Å². The van der Waals surface area contributed by atoms with Gasteiger partial charge in [0.25, 0.3) is 0 Å². The molecule has 0 nitrogen and oxygen atoms in total. The summed E-state index contributed by atoms with van der Waals surface area (Å²) in [7, 11) is 0. The first-order chi connectivity index (χ1) is 27.1. The molecule has 322 valence electrons. The molecule has 0 amide bonds. The van der Waals surface area contributed by atoms with Crippen molar-refractivity contribution >= 4 is 64.3 Å². The van der Waals surface area contributed by atoms with Crippen LogP contribution in [0.1, 0.15) is 126 Å². The van der Waals surface area contributed by atoms with E-state index in [1.165, 1.54) is 35.2 Å². The molecule has 0 spiro atoms. The van der Waals surface area contributed by atoms with Crippen LogP contribution in [0, 0.1) is 38.9 Å². The monoisotopic (exact) mass is 960 g/mol. The summed E-state index contributed by atoms with van der Waals surface area (Å²) in [6, 6.07) is 27.7. The average molecular weight is 964 g/mol. The van der Waals surface area contributed by atoms with E-state index in [0.29, 0.717) is 5.92 Å². The van der Waals surface area contributed by atoms with Crippen LogP contribution in [0.3, 0.4) is 0 Å². The summed E-state index contributed by atoms with van der Waals surface area (Å²) >= 11 is 8.32. The summed E-state index contributed by atoms with van der Waals surface area (Å²) in [5, 5.41) is 1.54. The number of halogens is 4. The number of fused-ring (bicyclic) bond motifs is 6. The van der Waals surface area contributed by atoms with Crippen molar-refractivity contribution in [1.82, 2.24) is 0 Å². The van der Waals surface area contributed by atoms with Crippen LogP contribution in [0.5, 0.6) is 0 Å². The van der Waals surface area contributed by atoms with E-state index in [-0.39, 0.29) is 57.8 Å². The molecule has 8 rings (SSSR count). The summed E-state index contributed by atoms with van der Waals surface area (Å²) in [5.74, 6) is 0.653. The zero-order valence-electron chi connectivity index (χ0n) is 38.4. The molecule has 60 heavy (non-hydrogen) atoms. The third kappa shape index (κ3) is 5.79. The Kier molecular flexibility index (Phi) is 12.3. The van der Waals surface area contributed by atoms with E-state index in [1.54, 1.807) is 20.0 Å². The van der Waals surface area contributed by atoms with Crippen molar-refractivity contribution in [3.05, 3.63) is 144 Å². The molecule has 5 aliphatic carbocycles. The van der Waals surface area contributed by atoms with E-state index in [9.17, 15) is 0 Å². The van der Waals surface area contributed by atoms with Crippen molar-refractivity contribution in [3.8, 4) is 0 Å². The first kappa shape index (κ1) is 47.7. The maximum atomic E-state index is 6.95. The molecular formula is C55H70Cl4Zr. The Morgan fingerprint density at radius 1 is 0.767 bits per heavy atom. The van der Waals surface area contributed by atoms with Crippen molar-refractivity contribution in [2.24, 2.45) is 38.9 Å². The molecule has 1 fully saturated rings. The second kappa shape index (κ2) is 15.5. The van der Waals surface area contributed by atoms with E-state index in [2.05, 4.69) is 180 Å². The fourth-order valence-electron chi connectivity index (χ4n) is 14.2. The fourth-order valence-corrected chi connectivity index (χ4v) is 35.9. The topological polar surface area (TPSA) is 0 Å². The van der Waals surface area contributed by atoms with Gasteiger partial charge in [0, 0.05) is 0 Å². The molecule has 0 radical (unpaired) electrons. The van der Waals surface area contributed by atoms with Gasteiger partial charge in [0.15, 0.2) is 0 Å². The molecule has 4 unspecified atom stereocenters. The standard InChI is InChI=1S/C29H37.C13H21.2C6H4Cl.CH2.2ClH.Zr/c1-18-25-22-17-19-13-9-10-14-20(19)24(22)21-15-11-12-16-23(21)29(25,8)28(6,7)27(4,5)26(18,2)3;1-5-6-7-11-8-9-12(10-11)13(2,3)4;2*7-6-4-2-1-3-5-6;;;;/h9-11,13-15,23H,12,16-17H2,1-8H3;9-11H,5-7H2,1-4H3;2*2-5H;1H2;2*1H;. The van der Waals surface area contributed by atoms with Gasteiger partial charge in [-0.1, -0.05) is 0 Å². The Morgan fingerprint density at radius 2 is 1.33 bits per heavy atom. The van der Waals surface area contributed by atoms with Crippen molar-refractivity contribution in [2.75, 3.05) is 0 Å². The Morgan fingerprint density at radius 3 is 1.88 bits per heavy atom. The second-order valence-corrected chi connectivity index (χ2v) is 36.7. The van der Waals surface area contributed by atoms with Crippen molar-refractivity contribution in [1.29, 1.82) is 0 Å². The molecular weight excluding hydrogens is 894 g/mol. The summed E-state index contributed by atoms with van der Waals surface area (Å²) in [6.45, 7) is 31.0. The SMILES string of the molecule is Cl.Cl.[CH2]=[Zr]([C]1=CC(C(C)(C)C)=CC1CCCC)([c]1ccc(Cl)cc1)([c]1ccc(Cl)cc1)[C]1(C)C2=C3Cc4ccccc4C3=C3C=CCCC3C2(C)C(C)(C)C(C)(C)C1(C)C. The number of hydrogen-bond acceptors (Lipinski definition) is 0. The van der Waals surface area contributed by atoms with E-state index in [1.807, 2.05) is 0 Å². The number of rotatable bonds is 7. The van der Waals surface area contributed by atoms with E-state index < -0.39 is 21.4 Å². The van der Waals surface area contributed by atoms with Gasteiger partial charge in [0.1, 0.15) is 0 Å². The molecule has 0 N–H and O–H groups in total. The first-order valence-corrected chi connectivity index (χ1v) is 29.7. The molecule has 3 aromatic carbocycles. The minimum absolute atomic E-state index is 0. The van der Waals surface area contributed by atoms with Gasteiger partial charge in [-0.3, -0.25) is 0 Å². The maximum absolute atomic E-state index is 6.95. The van der Waals surface area contributed by atoms with E-state index in [4.69, 9.17) is 27.4 Å². The summed E-state index contributed by atoms with van der Waals surface area (Å²) < 4.78 is 10.3. The van der Waals surface area contributed by atoms with Gasteiger partial charge >= 0.3 is 365 Å². The third-order valence-electron chi connectivity index (χ3n) is 18.8. The molecule has 0 bridgehead atoms. The summed E-state index contributed by atoms with van der Waals surface area (Å²) in [6.07, 6.45) is 17.1. The van der Waals surface area contributed by atoms with Crippen LogP contribution in [0.25, 0.3) is 5.57 Å². The molecule has 1 saturated carbocycles. The number of benzene rings is 3. The first-order valence-electron chi connectivity index (χ1n) is 22.3.